The fourth-order valence-corrected chi connectivity index (χ4v) is 3.49. The summed E-state index contributed by atoms with van der Waals surface area (Å²) in [5.74, 6) is -0.101. The van der Waals surface area contributed by atoms with Crippen molar-refractivity contribution in [3.8, 4) is 0 Å². The quantitative estimate of drug-likeness (QED) is 0.760. The molecule has 3 heterocycles. The van der Waals surface area contributed by atoms with Crippen molar-refractivity contribution in [2.24, 2.45) is 0 Å². The van der Waals surface area contributed by atoms with Crippen molar-refractivity contribution in [2.45, 2.75) is 12.5 Å². The highest BCUT2D eigenvalue weighted by Gasteiger charge is 2.42. The second-order valence-corrected chi connectivity index (χ2v) is 6.23. The number of hydrogen-bond donors (Lipinski definition) is 0. The minimum Gasteiger partial charge on any atom is -0.338 e. The Labute approximate surface area is 126 Å². The van der Waals surface area contributed by atoms with Crippen LogP contribution in [0, 0.1) is 0 Å². The summed E-state index contributed by atoms with van der Waals surface area (Å²) in [5, 5.41) is 3.90. The average molecular weight is 307 g/mol. The van der Waals surface area contributed by atoms with Crippen LogP contribution in [0.15, 0.2) is 16.8 Å². The van der Waals surface area contributed by atoms with Crippen LogP contribution in [0.5, 0.6) is 0 Å². The molecule has 3 rings (SSSR count). The monoisotopic (exact) mass is 307 g/mol. The second-order valence-electron chi connectivity index (χ2n) is 5.45. The molecule has 7 heteroatoms. The normalized spacial score (nSPS) is 22.5. The molecule has 0 N–H and O–H groups in total. The number of carbonyl (C=O) groups is 3. The SMILES string of the molecule is CN1CC(=O)N2CCN(C(=O)Cc3ccsc3)C[C@H]2C1=O. The van der Waals surface area contributed by atoms with E-state index in [1.54, 1.807) is 28.2 Å². The van der Waals surface area contributed by atoms with Gasteiger partial charge in [-0.3, -0.25) is 14.4 Å². The van der Waals surface area contributed by atoms with Gasteiger partial charge in [-0.2, -0.15) is 11.3 Å². The van der Waals surface area contributed by atoms with Gasteiger partial charge in [-0.05, 0) is 22.4 Å². The molecule has 0 saturated carbocycles. The first-order valence-electron chi connectivity index (χ1n) is 6.89. The zero-order valence-corrected chi connectivity index (χ0v) is 12.6. The van der Waals surface area contributed by atoms with Gasteiger partial charge in [0.05, 0.1) is 19.5 Å². The van der Waals surface area contributed by atoms with Crippen LogP contribution < -0.4 is 0 Å². The Hall–Kier alpha value is -1.89. The lowest BCUT2D eigenvalue weighted by molar-refractivity contribution is -0.160. The second kappa shape index (κ2) is 5.48. The lowest BCUT2D eigenvalue weighted by Crippen LogP contribution is -2.66. The molecule has 2 saturated heterocycles. The number of rotatable bonds is 2. The third-order valence-electron chi connectivity index (χ3n) is 4.02. The fourth-order valence-electron chi connectivity index (χ4n) is 2.83. The van der Waals surface area contributed by atoms with Crippen LogP contribution in [0.25, 0.3) is 0 Å². The zero-order valence-electron chi connectivity index (χ0n) is 11.8. The molecule has 112 valence electrons. The van der Waals surface area contributed by atoms with E-state index in [9.17, 15) is 14.4 Å². The van der Waals surface area contributed by atoms with Crippen molar-refractivity contribution in [2.75, 3.05) is 33.2 Å². The minimum absolute atomic E-state index is 0.0153. The molecule has 0 unspecified atom stereocenters. The van der Waals surface area contributed by atoms with Crippen LogP contribution in [0.2, 0.25) is 0 Å². The van der Waals surface area contributed by atoms with Gasteiger partial charge in [0.15, 0.2) is 0 Å². The highest BCUT2D eigenvalue weighted by atomic mass is 32.1. The van der Waals surface area contributed by atoms with Gasteiger partial charge >= 0.3 is 0 Å². The maximum absolute atomic E-state index is 12.3. The van der Waals surface area contributed by atoms with Crippen molar-refractivity contribution >= 4 is 29.1 Å². The number of carbonyl (C=O) groups excluding carboxylic acids is 3. The van der Waals surface area contributed by atoms with Crippen molar-refractivity contribution in [1.82, 2.24) is 14.7 Å². The topological polar surface area (TPSA) is 60.9 Å². The van der Waals surface area contributed by atoms with E-state index in [0.29, 0.717) is 26.1 Å². The molecule has 1 aromatic heterocycles. The Balaban J connectivity index is 1.69. The summed E-state index contributed by atoms with van der Waals surface area (Å²) in [6, 6.07) is 1.42. The summed E-state index contributed by atoms with van der Waals surface area (Å²) in [5.41, 5.74) is 0.996. The van der Waals surface area contributed by atoms with E-state index in [4.69, 9.17) is 0 Å². The molecule has 0 radical (unpaired) electrons. The maximum atomic E-state index is 12.3. The Kier molecular flexibility index (Phi) is 3.67. The molecule has 1 aromatic rings. The molecule has 0 spiro atoms. The lowest BCUT2D eigenvalue weighted by Gasteiger charge is -2.45. The van der Waals surface area contributed by atoms with Gasteiger partial charge < -0.3 is 14.7 Å². The summed E-state index contributed by atoms with van der Waals surface area (Å²) in [4.78, 5) is 41.2. The summed E-state index contributed by atoms with van der Waals surface area (Å²) in [6.07, 6.45) is 0.355. The highest BCUT2D eigenvalue weighted by molar-refractivity contribution is 7.08. The number of amides is 3. The van der Waals surface area contributed by atoms with Crippen LogP contribution in [0.4, 0.5) is 0 Å². The summed E-state index contributed by atoms with van der Waals surface area (Å²) < 4.78 is 0. The van der Waals surface area contributed by atoms with Gasteiger partial charge in [-0.1, -0.05) is 0 Å². The fraction of sp³-hybridized carbons (Fsp3) is 0.500. The van der Waals surface area contributed by atoms with E-state index >= 15 is 0 Å². The van der Waals surface area contributed by atoms with Gasteiger partial charge in [0.25, 0.3) is 0 Å². The van der Waals surface area contributed by atoms with E-state index < -0.39 is 6.04 Å². The van der Waals surface area contributed by atoms with Crippen molar-refractivity contribution in [3.63, 3.8) is 0 Å². The van der Waals surface area contributed by atoms with Crippen LogP contribution >= 0.6 is 11.3 Å². The average Bonchev–Trinajstić information content (AvgIpc) is 2.97. The van der Waals surface area contributed by atoms with E-state index in [0.717, 1.165) is 5.56 Å². The van der Waals surface area contributed by atoms with Crippen LogP contribution in [-0.4, -0.2) is 71.7 Å². The highest BCUT2D eigenvalue weighted by Crippen LogP contribution is 2.18. The van der Waals surface area contributed by atoms with Gasteiger partial charge in [-0.15, -0.1) is 0 Å². The molecule has 6 nitrogen and oxygen atoms in total. The van der Waals surface area contributed by atoms with E-state index in [1.165, 1.54) is 4.90 Å². The summed E-state index contributed by atoms with van der Waals surface area (Å²) in [6.45, 7) is 1.39. The van der Waals surface area contributed by atoms with E-state index in [1.807, 2.05) is 16.8 Å². The molecule has 0 aromatic carbocycles. The van der Waals surface area contributed by atoms with Crippen LogP contribution in [0.3, 0.4) is 0 Å². The molecule has 1 atom stereocenters. The molecule has 2 fully saturated rings. The summed E-state index contributed by atoms with van der Waals surface area (Å²) in [7, 11) is 1.63. The molecule has 0 aliphatic carbocycles. The number of likely N-dealkylation sites (N-methyl/N-ethyl adjacent to an activating group) is 1. The van der Waals surface area contributed by atoms with Crippen molar-refractivity contribution in [1.29, 1.82) is 0 Å². The molecule has 0 bridgehead atoms. The van der Waals surface area contributed by atoms with Crippen LogP contribution in [0.1, 0.15) is 5.56 Å². The number of nitrogens with zero attached hydrogens (tertiary/aromatic N) is 3. The molecular weight excluding hydrogens is 290 g/mol. The van der Waals surface area contributed by atoms with Gasteiger partial charge in [0, 0.05) is 20.1 Å². The van der Waals surface area contributed by atoms with Crippen LogP contribution in [-0.2, 0) is 20.8 Å². The maximum Gasteiger partial charge on any atom is 0.247 e. The molecule has 21 heavy (non-hydrogen) atoms. The first-order valence-corrected chi connectivity index (χ1v) is 7.84. The Morgan fingerprint density at radius 2 is 2.19 bits per heavy atom. The third-order valence-corrected chi connectivity index (χ3v) is 4.75. The standard InChI is InChI=1S/C14H17N3O3S/c1-15-8-13(19)17-4-3-16(7-11(17)14(15)20)12(18)6-10-2-5-21-9-10/h2,5,9,11H,3-4,6-8H2,1H3/t11-/m0/s1. The number of piperazine rings is 2. The minimum atomic E-state index is -0.517. The van der Waals surface area contributed by atoms with E-state index in [-0.39, 0.29) is 24.3 Å². The lowest BCUT2D eigenvalue weighted by atomic mass is 10.1. The first-order chi connectivity index (χ1) is 10.1. The van der Waals surface area contributed by atoms with Gasteiger partial charge in [0.2, 0.25) is 17.7 Å². The Bertz CT molecular complexity index is 572. The smallest absolute Gasteiger partial charge is 0.247 e. The number of hydrogen-bond acceptors (Lipinski definition) is 4. The van der Waals surface area contributed by atoms with Gasteiger partial charge in [0.1, 0.15) is 6.04 Å². The largest absolute Gasteiger partial charge is 0.338 e. The van der Waals surface area contributed by atoms with E-state index in [2.05, 4.69) is 0 Å². The Morgan fingerprint density at radius 3 is 2.90 bits per heavy atom. The summed E-state index contributed by atoms with van der Waals surface area (Å²) >= 11 is 1.56. The predicted molar refractivity (Wildman–Crippen MR) is 77.7 cm³/mol. The molecular formula is C14H17N3O3S. The third kappa shape index (κ3) is 2.65. The van der Waals surface area contributed by atoms with Gasteiger partial charge in [-0.25, -0.2) is 0 Å². The predicted octanol–water partition coefficient (Wildman–Crippen LogP) is -0.198. The Morgan fingerprint density at radius 1 is 1.38 bits per heavy atom. The molecule has 2 aliphatic rings. The zero-order chi connectivity index (χ0) is 15.0. The van der Waals surface area contributed by atoms with Crippen molar-refractivity contribution in [3.05, 3.63) is 22.4 Å². The molecule has 3 amide bonds. The number of fused-ring (bicyclic) bond motifs is 1. The van der Waals surface area contributed by atoms with Crippen molar-refractivity contribution < 1.29 is 14.4 Å². The number of thiophene rings is 1. The first kappa shape index (κ1) is 14.1. The molecule has 2 aliphatic heterocycles.